The number of primary amides is 1. The molecule has 1 unspecified atom stereocenters. The van der Waals surface area contributed by atoms with Gasteiger partial charge in [-0.2, -0.15) is 0 Å². The van der Waals surface area contributed by atoms with E-state index in [4.69, 9.17) is 11.5 Å². The van der Waals surface area contributed by atoms with Crippen LogP contribution < -0.4 is 22.3 Å². The van der Waals surface area contributed by atoms with Gasteiger partial charge in [-0.15, -0.1) is 0 Å². The maximum absolute atomic E-state index is 11.5. The van der Waals surface area contributed by atoms with Gasteiger partial charge in [0.25, 0.3) is 0 Å². The van der Waals surface area contributed by atoms with Crippen molar-refractivity contribution in [3.05, 3.63) is 28.7 Å². The van der Waals surface area contributed by atoms with Gasteiger partial charge in [-0.1, -0.05) is 0 Å². The zero-order chi connectivity index (χ0) is 13.0. The molecule has 2 amide bonds. The SMILES string of the molecule is Cn1cc(NC(=O)C(N)CC(N)=O)ccc1=O. The number of amides is 2. The van der Waals surface area contributed by atoms with Gasteiger partial charge in [-0.3, -0.25) is 14.4 Å². The van der Waals surface area contributed by atoms with E-state index >= 15 is 0 Å². The number of hydrogen-bond acceptors (Lipinski definition) is 4. The van der Waals surface area contributed by atoms with Crippen molar-refractivity contribution in [3.63, 3.8) is 0 Å². The first kappa shape index (κ1) is 12.9. The molecule has 5 N–H and O–H groups in total. The van der Waals surface area contributed by atoms with E-state index in [9.17, 15) is 14.4 Å². The van der Waals surface area contributed by atoms with Gasteiger partial charge in [0.1, 0.15) is 0 Å². The second-order valence-corrected chi connectivity index (χ2v) is 3.63. The van der Waals surface area contributed by atoms with Crippen LogP contribution in [0.4, 0.5) is 5.69 Å². The Kier molecular flexibility index (Phi) is 4.00. The lowest BCUT2D eigenvalue weighted by molar-refractivity contribution is -0.123. The summed E-state index contributed by atoms with van der Waals surface area (Å²) in [5, 5.41) is 2.48. The smallest absolute Gasteiger partial charge is 0.250 e. The number of carbonyl (C=O) groups excluding carboxylic acids is 2. The van der Waals surface area contributed by atoms with Crippen molar-refractivity contribution in [2.24, 2.45) is 18.5 Å². The molecule has 0 aliphatic rings. The first-order chi connectivity index (χ1) is 7.90. The lowest BCUT2D eigenvalue weighted by atomic mass is 10.2. The summed E-state index contributed by atoms with van der Waals surface area (Å²) >= 11 is 0. The van der Waals surface area contributed by atoms with Crippen LogP contribution in [0.2, 0.25) is 0 Å². The van der Waals surface area contributed by atoms with Gasteiger partial charge in [-0.05, 0) is 6.07 Å². The first-order valence-corrected chi connectivity index (χ1v) is 4.91. The maximum Gasteiger partial charge on any atom is 0.250 e. The van der Waals surface area contributed by atoms with E-state index in [2.05, 4.69) is 5.32 Å². The standard InChI is InChI=1S/C10H14N4O3/c1-14-5-6(2-3-9(14)16)13-10(17)7(11)4-8(12)15/h2-3,5,7H,4,11H2,1H3,(H2,12,15)(H,13,17). The third-order valence-corrected chi connectivity index (χ3v) is 2.11. The number of pyridine rings is 1. The predicted molar refractivity (Wildman–Crippen MR) is 62.1 cm³/mol. The monoisotopic (exact) mass is 238 g/mol. The van der Waals surface area contributed by atoms with Crippen LogP contribution in [-0.2, 0) is 16.6 Å². The minimum atomic E-state index is -0.996. The summed E-state index contributed by atoms with van der Waals surface area (Å²) in [7, 11) is 1.56. The third kappa shape index (κ3) is 3.72. The Hall–Kier alpha value is -2.15. The topological polar surface area (TPSA) is 120 Å². The van der Waals surface area contributed by atoms with Gasteiger partial charge in [0.05, 0.1) is 18.2 Å². The Morgan fingerprint density at radius 3 is 2.65 bits per heavy atom. The lowest BCUT2D eigenvalue weighted by Gasteiger charge is -2.10. The van der Waals surface area contributed by atoms with Gasteiger partial charge >= 0.3 is 0 Å². The van der Waals surface area contributed by atoms with Crippen molar-refractivity contribution in [3.8, 4) is 0 Å². The van der Waals surface area contributed by atoms with E-state index in [1.807, 2.05) is 0 Å². The van der Waals surface area contributed by atoms with Crippen LogP contribution >= 0.6 is 0 Å². The Labute approximate surface area is 97.4 Å². The molecule has 0 aliphatic heterocycles. The van der Waals surface area contributed by atoms with Crippen LogP contribution in [0.25, 0.3) is 0 Å². The van der Waals surface area contributed by atoms with Gasteiger partial charge in [0, 0.05) is 19.3 Å². The molecule has 0 aromatic carbocycles. The average molecular weight is 238 g/mol. The number of anilines is 1. The van der Waals surface area contributed by atoms with Crippen LogP contribution in [0.3, 0.4) is 0 Å². The van der Waals surface area contributed by atoms with E-state index < -0.39 is 17.9 Å². The molecular formula is C10H14N4O3. The fourth-order valence-corrected chi connectivity index (χ4v) is 1.21. The Morgan fingerprint density at radius 1 is 1.47 bits per heavy atom. The van der Waals surface area contributed by atoms with Gasteiger partial charge in [-0.25, -0.2) is 0 Å². The maximum atomic E-state index is 11.5. The van der Waals surface area contributed by atoms with Crippen LogP contribution in [0, 0.1) is 0 Å². The normalized spacial score (nSPS) is 11.9. The van der Waals surface area contributed by atoms with E-state index in [1.165, 1.54) is 22.9 Å². The molecule has 0 saturated heterocycles. The first-order valence-electron chi connectivity index (χ1n) is 4.91. The summed E-state index contributed by atoms with van der Waals surface area (Å²) in [5.41, 5.74) is 10.6. The lowest BCUT2D eigenvalue weighted by Crippen LogP contribution is -2.39. The average Bonchev–Trinajstić information content (AvgIpc) is 2.22. The van der Waals surface area contributed by atoms with Crippen molar-refractivity contribution in [1.82, 2.24) is 4.57 Å². The van der Waals surface area contributed by atoms with Crippen LogP contribution in [-0.4, -0.2) is 22.4 Å². The van der Waals surface area contributed by atoms with E-state index in [0.717, 1.165) is 0 Å². The molecule has 7 heteroatoms. The molecule has 0 spiro atoms. The third-order valence-electron chi connectivity index (χ3n) is 2.11. The number of nitrogens with two attached hydrogens (primary N) is 2. The van der Waals surface area contributed by atoms with E-state index in [0.29, 0.717) is 5.69 Å². The van der Waals surface area contributed by atoms with Crippen molar-refractivity contribution in [2.45, 2.75) is 12.5 Å². The number of aryl methyl sites for hydroxylation is 1. The van der Waals surface area contributed by atoms with E-state index in [1.54, 1.807) is 7.05 Å². The Balaban J connectivity index is 2.71. The number of nitrogens with zero attached hydrogens (tertiary/aromatic N) is 1. The minimum absolute atomic E-state index is 0.190. The minimum Gasteiger partial charge on any atom is -0.370 e. The molecule has 1 aromatic rings. The number of aromatic nitrogens is 1. The fraction of sp³-hybridized carbons (Fsp3) is 0.300. The zero-order valence-corrected chi connectivity index (χ0v) is 9.34. The number of hydrogen-bond donors (Lipinski definition) is 3. The Morgan fingerprint density at radius 2 is 2.12 bits per heavy atom. The highest BCUT2D eigenvalue weighted by Crippen LogP contribution is 2.03. The second kappa shape index (κ2) is 5.26. The molecule has 0 bridgehead atoms. The second-order valence-electron chi connectivity index (χ2n) is 3.63. The molecular weight excluding hydrogens is 224 g/mol. The molecule has 1 aromatic heterocycles. The van der Waals surface area contributed by atoms with Gasteiger partial charge < -0.3 is 21.4 Å². The number of rotatable bonds is 4. The fourth-order valence-electron chi connectivity index (χ4n) is 1.21. The van der Waals surface area contributed by atoms with Crippen molar-refractivity contribution >= 4 is 17.5 Å². The summed E-state index contributed by atoms with van der Waals surface area (Å²) in [4.78, 5) is 33.2. The van der Waals surface area contributed by atoms with Crippen LogP contribution in [0.5, 0.6) is 0 Å². The molecule has 7 nitrogen and oxygen atoms in total. The van der Waals surface area contributed by atoms with E-state index in [-0.39, 0.29) is 12.0 Å². The van der Waals surface area contributed by atoms with Gasteiger partial charge in [0.2, 0.25) is 17.4 Å². The summed E-state index contributed by atoms with van der Waals surface area (Å²) in [6.45, 7) is 0. The van der Waals surface area contributed by atoms with Crippen LogP contribution in [0.1, 0.15) is 6.42 Å². The largest absolute Gasteiger partial charge is 0.370 e. The zero-order valence-electron chi connectivity index (χ0n) is 9.34. The van der Waals surface area contributed by atoms with Gasteiger partial charge in [0.15, 0.2) is 0 Å². The molecule has 1 heterocycles. The molecule has 0 aliphatic carbocycles. The molecule has 0 radical (unpaired) electrons. The highest BCUT2D eigenvalue weighted by Gasteiger charge is 2.16. The molecule has 0 fully saturated rings. The molecule has 92 valence electrons. The summed E-state index contributed by atoms with van der Waals surface area (Å²) < 4.78 is 1.31. The van der Waals surface area contributed by atoms with Crippen LogP contribution in [0.15, 0.2) is 23.1 Å². The molecule has 0 saturated carbocycles. The van der Waals surface area contributed by atoms with Crippen molar-refractivity contribution in [2.75, 3.05) is 5.32 Å². The predicted octanol–water partition coefficient (Wildman–Crippen LogP) is -1.47. The summed E-state index contributed by atoms with van der Waals surface area (Å²) in [5.74, 6) is -1.17. The molecule has 17 heavy (non-hydrogen) atoms. The molecule has 1 rings (SSSR count). The number of nitrogens with one attached hydrogen (secondary N) is 1. The van der Waals surface area contributed by atoms with Crippen molar-refractivity contribution in [1.29, 1.82) is 0 Å². The number of carbonyl (C=O) groups is 2. The Bertz CT molecular complexity index is 495. The molecule has 1 atom stereocenters. The quantitative estimate of drug-likeness (QED) is 0.592. The van der Waals surface area contributed by atoms with Crippen molar-refractivity contribution < 1.29 is 9.59 Å². The summed E-state index contributed by atoms with van der Waals surface area (Å²) in [6, 6.07) is 1.77. The highest BCUT2D eigenvalue weighted by molar-refractivity contribution is 5.97. The summed E-state index contributed by atoms with van der Waals surface area (Å²) in [6.07, 6.45) is 1.23. The highest BCUT2D eigenvalue weighted by atomic mass is 16.2.